The molecule has 1 N–H and O–H groups in total. The van der Waals surface area contributed by atoms with Crippen molar-refractivity contribution < 1.29 is 13.6 Å². The first-order valence-corrected chi connectivity index (χ1v) is 10.3. The van der Waals surface area contributed by atoms with E-state index in [1.165, 1.54) is 0 Å². The molecule has 0 fully saturated rings. The van der Waals surface area contributed by atoms with E-state index in [0.717, 1.165) is 16.6 Å². The lowest BCUT2D eigenvalue weighted by molar-refractivity contribution is 0.213. The molecule has 2 aromatic heterocycles. The predicted octanol–water partition coefficient (Wildman–Crippen LogP) is 4.95. The number of rotatable bonds is 8. The number of nitrogens with one attached hydrogen (secondary N) is 1. The summed E-state index contributed by atoms with van der Waals surface area (Å²) < 4.78 is 26.9. The first kappa shape index (κ1) is 18.6. The lowest BCUT2D eigenvalue weighted by Crippen LogP contribution is -2.18. The summed E-state index contributed by atoms with van der Waals surface area (Å²) in [6, 6.07) is 15.6. The monoisotopic (exact) mass is 373 g/mol. The number of benzene rings is 1. The van der Waals surface area contributed by atoms with Gasteiger partial charge in [-0.05, 0) is 43.5 Å². The van der Waals surface area contributed by atoms with Gasteiger partial charge in [0, 0.05) is 18.8 Å². The number of fused-ring (bicyclic) bond motifs is 1. The molecule has 26 heavy (non-hydrogen) atoms. The van der Waals surface area contributed by atoms with E-state index in [4.69, 9.17) is 9.05 Å². The normalized spacial score (nSPS) is 13.0. The van der Waals surface area contributed by atoms with Crippen LogP contribution in [0.5, 0.6) is 0 Å². The molecule has 0 aliphatic heterocycles. The molecule has 0 radical (unpaired) electrons. The van der Waals surface area contributed by atoms with Crippen molar-refractivity contribution in [3.05, 3.63) is 60.4 Å². The Morgan fingerprint density at radius 2 is 1.81 bits per heavy atom. The van der Waals surface area contributed by atoms with Gasteiger partial charge in [0.1, 0.15) is 5.82 Å². The number of nitrogens with zero attached hydrogens (tertiary/aromatic N) is 2. The van der Waals surface area contributed by atoms with Crippen LogP contribution in [0, 0.1) is 0 Å². The van der Waals surface area contributed by atoms with Gasteiger partial charge in [0.25, 0.3) is 0 Å². The first-order valence-electron chi connectivity index (χ1n) is 8.69. The Hall–Kier alpha value is -2.14. The number of aryl methyl sites for hydroxylation is 1. The van der Waals surface area contributed by atoms with Crippen LogP contribution in [0.4, 0.5) is 5.82 Å². The van der Waals surface area contributed by atoms with E-state index in [1.807, 2.05) is 74.0 Å². The van der Waals surface area contributed by atoms with Gasteiger partial charge in [0.15, 0.2) is 5.78 Å². The maximum Gasteiger partial charge on any atom is 0.358 e. The zero-order valence-electron chi connectivity index (χ0n) is 15.3. The van der Waals surface area contributed by atoms with Crippen molar-refractivity contribution in [3.63, 3.8) is 0 Å². The summed E-state index contributed by atoms with van der Waals surface area (Å²) in [6.07, 6.45) is 1.69. The lowest BCUT2D eigenvalue weighted by Gasteiger charge is -2.28. The molecule has 0 saturated heterocycles. The summed E-state index contributed by atoms with van der Waals surface area (Å²) in [6.45, 7) is 4.21. The average Bonchev–Trinajstić information content (AvgIpc) is 2.98. The zero-order chi connectivity index (χ0) is 18.6. The van der Waals surface area contributed by atoms with E-state index in [2.05, 4.69) is 10.3 Å². The second-order valence-electron chi connectivity index (χ2n) is 5.82. The summed E-state index contributed by atoms with van der Waals surface area (Å²) >= 11 is 0. The summed E-state index contributed by atoms with van der Waals surface area (Å²) in [5.41, 5.74) is 1.87. The van der Waals surface area contributed by atoms with Crippen molar-refractivity contribution >= 4 is 24.3 Å². The number of para-hydroxylation sites is 1. The van der Waals surface area contributed by atoms with Gasteiger partial charge >= 0.3 is 7.60 Å². The van der Waals surface area contributed by atoms with Crippen LogP contribution in [0.15, 0.2) is 54.7 Å². The lowest BCUT2D eigenvalue weighted by atomic mass is 10.2. The molecule has 1 aromatic carbocycles. The summed E-state index contributed by atoms with van der Waals surface area (Å²) in [5.74, 6) is -0.0583. The minimum Gasteiger partial charge on any atom is -0.351 e. The van der Waals surface area contributed by atoms with E-state index >= 15 is 0 Å². The Morgan fingerprint density at radius 1 is 1.12 bits per heavy atom. The SMILES string of the molecule is CCOP(=O)(OCC)C(Nc1ccccn1)c1cc2ccccc2n1C. The van der Waals surface area contributed by atoms with Gasteiger partial charge in [-0.2, -0.15) is 0 Å². The minimum absolute atomic E-state index is 0.293. The molecule has 0 aliphatic carbocycles. The van der Waals surface area contributed by atoms with Gasteiger partial charge < -0.3 is 18.9 Å². The van der Waals surface area contributed by atoms with Gasteiger partial charge in [-0.15, -0.1) is 0 Å². The van der Waals surface area contributed by atoms with Crippen LogP contribution in [0.2, 0.25) is 0 Å². The highest BCUT2D eigenvalue weighted by atomic mass is 31.2. The maximum absolute atomic E-state index is 13.6. The second-order valence-corrected chi connectivity index (χ2v) is 7.94. The Morgan fingerprint density at radius 3 is 2.42 bits per heavy atom. The molecule has 0 bridgehead atoms. The molecule has 7 heteroatoms. The molecule has 0 saturated carbocycles. The van der Waals surface area contributed by atoms with E-state index in [1.54, 1.807) is 6.20 Å². The summed E-state index contributed by atoms with van der Waals surface area (Å²) in [7, 11) is -1.52. The smallest absolute Gasteiger partial charge is 0.351 e. The largest absolute Gasteiger partial charge is 0.358 e. The van der Waals surface area contributed by atoms with Crippen molar-refractivity contribution in [3.8, 4) is 0 Å². The number of anilines is 1. The van der Waals surface area contributed by atoms with Crippen LogP contribution in [0.25, 0.3) is 10.9 Å². The van der Waals surface area contributed by atoms with Crippen LogP contribution in [-0.4, -0.2) is 22.8 Å². The highest BCUT2D eigenvalue weighted by Crippen LogP contribution is 2.61. The Labute approximate surface area is 153 Å². The molecule has 3 aromatic rings. The van der Waals surface area contributed by atoms with Crippen molar-refractivity contribution in [1.82, 2.24) is 9.55 Å². The quantitative estimate of drug-likeness (QED) is 0.566. The molecule has 1 unspecified atom stereocenters. The van der Waals surface area contributed by atoms with Crippen molar-refractivity contribution in [2.75, 3.05) is 18.5 Å². The second kappa shape index (κ2) is 8.04. The summed E-state index contributed by atoms with van der Waals surface area (Å²) in [5, 5.41) is 4.33. The molecule has 3 rings (SSSR count). The number of aromatic nitrogens is 2. The highest BCUT2D eigenvalue weighted by Gasteiger charge is 2.39. The Balaban J connectivity index is 2.12. The number of pyridine rings is 1. The fourth-order valence-electron chi connectivity index (χ4n) is 3.02. The predicted molar refractivity (Wildman–Crippen MR) is 104 cm³/mol. The van der Waals surface area contributed by atoms with Crippen LogP contribution in [-0.2, 0) is 20.7 Å². The van der Waals surface area contributed by atoms with Crippen molar-refractivity contribution in [1.29, 1.82) is 0 Å². The Kier molecular flexibility index (Phi) is 5.77. The molecular formula is C19H24N3O3P. The molecule has 6 nitrogen and oxygen atoms in total. The van der Waals surface area contributed by atoms with Gasteiger partial charge in [-0.1, -0.05) is 24.3 Å². The van der Waals surface area contributed by atoms with Crippen molar-refractivity contribution in [2.45, 2.75) is 19.6 Å². The van der Waals surface area contributed by atoms with Crippen LogP contribution in [0.3, 0.4) is 0 Å². The van der Waals surface area contributed by atoms with Crippen LogP contribution in [0.1, 0.15) is 25.3 Å². The molecule has 2 heterocycles. The van der Waals surface area contributed by atoms with Gasteiger partial charge in [0.05, 0.1) is 18.9 Å². The molecule has 0 amide bonds. The summed E-state index contributed by atoms with van der Waals surface area (Å²) in [4.78, 5) is 4.31. The third kappa shape index (κ3) is 3.68. The van der Waals surface area contributed by atoms with Gasteiger partial charge in [0.2, 0.25) is 0 Å². The first-order chi connectivity index (χ1) is 12.6. The minimum atomic E-state index is -3.47. The molecule has 138 valence electrons. The average molecular weight is 373 g/mol. The third-order valence-electron chi connectivity index (χ3n) is 4.15. The molecule has 1 atom stereocenters. The number of hydrogen-bond donors (Lipinski definition) is 1. The topological polar surface area (TPSA) is 65.4 Å². The fourth-order valence-corrected chi connectivity index (χ4v) is 4.98. The van der Waals surface area contributed by atoms with E-state index in [-0.39, 0.29) is 0 Å². The van der Waals surface area contributed by atoms with E-state index in [9.17, 15) is 4.57 Å². The van der Waals surface area contributed by atoms with Crippen LogP contribution >= 0.6 is 7.60 Å². The standard InChI is InChI=1S/C19H24N3O3P/c1-4-24-26(23,25-5-2)19(21-18-12-8-9-13-20-18)17-14-15-10-6-7-11-16(15)22(17)3/h6-14,19H,4-5H2,1-3H3,(H,20,21). The maximum atomic E-state index is 13.6. The molecule has 0 spiro atoms. The van der Waals surface area contributed by atoms with E-state index < -0.39 is 13.4 Å². The fraction of sp³-hybridized carbons (Fsp3) is 0.316. The Bertz CT molecular complexity index is 901. The molecular weight excluding hydrogens is 349 g/mol. The third-order valence-corrected chi connectivity index (χ3v) is 6.42. The van der Waals surface area contributed by atoms with Crippen LogP contribution < -0.4 is 5.32 Å². The van der Waals surface area contributed by atoms with Gasteiger partial charge in [-0.25, -0.2) is 4.98 Å². The molecule has 0 aliphatic rings. The zero-order valence-corrected chi connectivity index (χ0v) is 16.1. The highest BCUT2D eigenvalue weighted by molar-refractivity contribution is 7.54. The van der Waals surface area contributed by atoms with E-state index in [0.29, 0.717) is 19.0 Å². The van der Waals surface area contributed by atoms with Gasteiger partial charge in [-0.3, -0.25) is 4.57 Å². The van der Waals surface area contributed by atoms with Crippen molar-refractivity contribution in [2.24, 2.45) is 7.05 Å². The number of hydrogen-bond acceptors (Lipinski definition) is 5.